The first-order valence-corrected chi connectivity index (χ1v) is 6.35. The van der Waals surface area contributed by atoms with Gasteiger partial charge in [0.25, 0.3) is 0 Å². The van der Waals surface area contributed by atoms with Crippen LogP contribution in [0.1, 0.15) is 32.1 Å². The van der Waals surface area contributed by atoms with Crippen molar-refractivity contribution in [2.24, 2.45) is 5.92 Å². The maximum Gasteiger partial charge on any atom is 0.0808 e. The summed E-state index contributed by atoms with van der Waals surface area (Å²) in [6.07, 6.45) is 6.63. The number of piperidine rings is 1. The van der Waals surface area contributed by atoms with Crippen molar-refractivity contribution in [2.75, 3.05) is 32.9 Å². The van der Waals surface area contributed by atoms with Crippen LogP contribution in [-0.2, 0) is 9.47 Å². The molecule has 0 aromatic rings. The molecular weight excluding hydrogens is 190 g/mol. The van der Waals surface area contributed by atoms with Crippen molar-refractivity contribution in [1.29, 1.82) is 0 Å². The van der Waals surface area contributed by atoms with Gasteiger partial charge in [0.2, 0.25) is 0 Å². The SMILES string of the molecule is C1CCC(COCC2CCNCC2)OC1. The standard InChI is InChI=1S/C12H23NO2/c1-2-8-15-12(3-1)10-14-9-11-4-6-13-7-5-11/h11-13H,1-10H2. The lowest BCUT2D eigenvalue weighted by molar-refractivity contribution is -0.0483. The van der Waals surface area contributed by atoms with E-state index in [0.29, 0.717) is 6.10 Å². The minimum Gasteiger partial charge on any atom is -0.378 e. The highest BCUT2D eigenvalue weighted by Crippen LogP contribution is 2.15. The van der Waals surface area contributed by atoms with Gasteiger partial charge in [-0.15, -0.1) is 0 Å². The summed E-state index contributed by atoms with van der Waals surface area (Å²) in [5, 5.41) is 3.37. The zero-order valence-electron chi connectivity index (χ0n) is 9.54. The van der Waals surface area contributed by atoms with Crippen LogP contribution >= 0.6 is 0 Å². The molecule has 1 unspecified atom stereocenters. The van der Waals surface area contributed by atoms with Crippen molar-refractivity contribution in [3.05, 3.63) is 0 Å². The van der Waals surface area contributed by atoms with Crippen LogP contribution in [0.3, 0.4) is 0 Å². The smallest absolute Gasteiger partial charge is 0.0808 e. The molecular formula is C12H23NO2. The third-order valence-corrected chi connectivity index (χ3v) is 3.39. The van der Waals surface area contributed by atoms with Crippen molar-refractivity contribution in [3.63, 3.8) is 0 Å². The first-order valence-electron chi connectivity index (χ1n) is 6.35. The average Bonchev–Trinajstić information content (AvgIpc) is 2.32. The molecule has 1 N–H and O–H groups in total. The molecule has 2 rings (SSSR count). The van der Waals surface area contributed by atoms with Gasteiger partial charge < -0.3 is 14.8 Å². The van der Waals surface area contributed by atoms with Crippen LogP contribution in [0, 0.1) is 5.92 Å². The first-order chi connectivity index (χ1) is 7.45. The van der Waals surface area contributed by atoms with Crippen molar-refractivity contribution in [2.45, 2.75) is 38.2 Å². The summed E-state index contributed by atoms with van der Waals surface area (Å²) in [4.78, 5) is 0. The molecule has 0 amide bonds. The van der Waals surface area contributed by atoms with Crippen molar-refractivity contribution >= 4 is 0 Å². The fourth-order valence-corrected chi connectivity index (χ4v) is 2.35. The highest BCUT2D eigenvalue weighted by atomic mass is 16.5. The molecule has 1 atom stereocenters. The summed E-state index contributed by atoms with van der Waals surface area (Å²) in [6, 6.07) is 0. The van der Waals surface area contributed by atoms with E-state index in [4.69, 9.17) is 9.47 Å². The van der Waals surface area contributed by atoms with E-state index in [2.05, 4.69) is 5.32 Å². The fourth-order valence-electron chi connectivity index (χ4n) is 2.35. The number of hydrogen-bond acceptors (Lipinski definition) is 3. The molecule has 0 aliphatic carbocycles. The normalized spacial score (nSPS) is 29.2. The molecule has 0 spiro atoms. The van der Waals surface area contributed by atoms with Crippen molar-refractivity contribution in [1.82, 2.24) is 5.32 Å². The van der Waals surface area contributed by atoms with E-state index in [1.165, 1.54) is 32.1 Å². The van der Waals surface area contributed by atoms with E-state index >= 15 is 0 Å². The Balaban J connectivity index is 1.53. The molecule has 2 aliphatic rings. The van der Waals surface area contributed by atoms with Crippen LogP contribution < -0.4 is 5.32 Å². The number of ether oxygens (including phenoxy) is 2. The summed E-state index contributed by atoms with van der Waals surface area (Å²) in [5.74, 6) is 0.773. The second kappa shape index (κ2) is 6.46. The highest BCUT2D eigenvalue weighted by Gasteiger charge is 2.16. The lowest BCUT2D eigenvalue weighted by atomic mass is 9.99. The fraction of sp³-hybridized carbons (Fsp3) is 1.00. The average molecular weight is 213 g/mol. The summed E-state index contributed by atoms with van der Waals surface area (Å²) in [5.41, 5.74) is 0. The predicted molar refractivity (Wildman–Crippen MR) is 60.0 cm³/mol. The van der Waals surface area contributed by atoms with Gasteiger partial charge in [-0.3, -0.25) is 0 Å². The van der Waals surface area contributed by atoms with Crippen LogP contribution in [0.4, 0.5) is 0 Å². The molecule has 0 aromatic carbocycles. The molecule has 3 nitrogen and oxygen atoms in total. The second-order valence-electron chi connectivity index (χ2n) is 4.72. The Hall–Kier alpha value is -0.120. The van der Waals surface area contributed by atoms with Gasteiger partial charge in [-0.05, 0) is 51.1 Å². The van der Waals surface area contributed by atoms with E-state index in [9.17, 15) is 0 Å². The minimum atomic E-state index is 0.375. The Labute approximate surface area is 92.5 Å². The molecule has 2 aliphatic heterocycles. The largest absolute Gasteiger partial charge is 0.378 e. The van der Waals surface area contributed by atoms with E-state index in [-0.39, 0.29) is 0 Å². The Kier molecular flexibility index (Phi) is 4.90. The lowest BCUT2D eigenvalue weighted by Gasteiger charge is -2.25. The van der Waals surface area contributed by atoms with E-state index in [1.807, 2.05) is 0 Å². The molecule has 3 heteroatoms. The zero-order valence-corrected chi connectivity index (χ0v) is 9.54. The van der Waals surface area contributed by atoms with Gasteiger partial charge in [0, 0.05) is 13.2 Å². The van der Waals surface area contributed by atoms with Gasteiger partial charge in [-0.2, -0.15) is 0 Å². The topological polar surface area (TPSA) is 30.5 Å². The van der Waals surface area contributed by atoms with Crippen LogP contribution in [-0.4, -0.2) is 39.0 Å². The third-order valence-electron chi connectivity index (χ3n) is 3.39. The minimum absolute atomic E-state index is 0.375. The molecule has 88 valence electrons. The highest BCUT2D eigenvalue weighted by molar-refractivity contribution is 4.68. The molecule has 0 radical (unpaired) electrons. The quantitative estimate of drug-likeness (QED) is 0.769. The van der Waals surface area contributed by atoms with Gasteiger partial charge in [0.1, 0.15) is 0 Å². The summed E-state index contributed by atoms with van der Waals surface area (Å²) in [6.45, 7) is 4.99. The third kappa shape index (κ3) is 4.09. The van der Waals surface area contributed by atoms with Gasteiger partial charge in [-0.25, -0.2) is 0 Å². The summed E-state index contributed by atoms with van der Waals surface area (Å²) >= 11 is 0. The molecule has 2 fully saturated rings. The van der Waals surface area contributed by atoms with Gasteiger partial charge in [0.05, 0.1) is 12.7 Å². The van der Waals surface area contributed by atoms with Crippen LogP contribution in [0.15, 0.2) is 0 Å². The Morgan fingerprint density at radius 2 is 1.93 bits per heavy atom. The predicted octanol–water partition coefficient (Wildman–Crippen LogP) is 1.57. The Bertz CT molecular complexity index is 145. The lowest BCUT2D eigenvalue weighted by Crippen LogP contribution is -2.31. The Morgan fingerprint density at radius 3 is 2.67 bits per heavy atom. The monoisotopic (exact) mass is 213 g/mol. The van der Waals surface area contributed by atoms with Gasteiger partial charge in [-0.1, -0.05) is 0 Å². The molecule has 0 aromatic heterocycles. The van der Waals surface area contributed by atoms with Crippen LogP contribution in [0.2, 0.25) is 0 Å². The number of nitrogens with one attached hydrogen (secondary N) is 1. The maximum atomic E-state index is 5.76. The molecule has 2 saturated heterocycles. The second-order valence-corrected chi connectivity index (χ2v) is 4.72. The molecule has 15 heavy (non-hydrogen) atoms. The van der Waals surface area contributed by atoms with Crippen LogP contribution in [0.25, 0.3) is 0 Å². The van der Waals surface area contributed by atoms with Crippen molar-refractivity contribution in [3.8, 4) is 0 Å². The zero-order chi connectivity index (χ0) is 10.3. The Morgan fingerprint density at radius 1 is 1.07 bits per heavy atom. The summed E-state index contributed by atoms with van der Waals surface area (Å²) in [7, 11) is 0. The summed E-state index contributed by atoms with van der Waals surface area (Å²) < 4.78 is 11.4. The number of hydrogen-bond donors (Lipinski definition) is 1. The van der Waals surface area contributed by atoms with Crippen LogP contribution in [0.5, 0.6) is 0 Å². The molecule has 0 saturated carbocycles. The van der Waals surface area contributed by atoms with Gasteiger partial charge >= 0.3 is 0 Å². The maximum absolute atomic E-state index is 5.76. The van der Waals surface area contributed by atoms with E-state index < -0.39 is 0 Å². The van der Waals surface area contributed by atoms with E-state index in [0.717, 1.165) is 38.8 Å². The molecule has 0 bridgehead atoms. The number of rotatable bonds is 4. The first kappa shape index (κ1) is 11.4. The van der Waals surface area contributed by atoms with Crippen molar-refractivity contribution < 1.29 is 9.47 Å². The van der Waals surface area contributed by atoms with E-state index in [1.54, 1.807) is 0 Å². The van der Waals surface area contributed by atoms with Gasteiger partial charge in [0.15, 0.2) is 0 Å². The molecule has 2 heterocycles.